The SMILES string of the molecule is CCCCCCN1C(=O)/C(=C2/C(=O)N(CCC)c3ccccc32)SC1=S. The second-order valence-electron chi connectivity index (χ2n) is 6.56. The van der Waals surface area contributed by atoms with E-state index in [1.54, 1.807) is 9.80 Å². The number of carbonyl (C=O) groups excluding carboxylic acids is 2. The number of nitrogens with zero attached hydrogens (tertiary/aromatic N) is 2. The molecule has 3 rings (SSSR count). The fraction of sp³-hybridized carbons (Fsp3) is 0.450. The van der Waals surface area contributed by atoms with Crippen molar-refractivity contribution in [3.05, 3.63) is 34.7 Å². The molecule has 0 saturated carbocycles. The number of unbranched alkanes of at least 4 members (excludes halogenated alkanes) is 3. The minimum absolute atomic E-state index is 0.0838. The summed E-state index contributed by atoms with van der Waals surface area (Å²) in [6, 6.07) is 7.71. The maximum atomic E-state index is 13.0. The van der Waals surface area contributed by atoms with Gasteiger partial charge in [0.15, 0.2) is 0 Å². The largest absolute Gasteiger partial charge is 0.308 e. The van der Waals surface area contributed by atoms with Crippen LogP contribution < -0.4 is 4.90 Å². The number of thiocarbonyl (C=S) groups is 1. The van der Waals surface area contributed by atoms with Crippen LogP contribution in [0, 0.1) is 0 Å². The van der Waals surface area contributed by atoms with E-state index in [-0.39, 0.29) is 11.8 Å². The first-order chi connectivity index (χ1) is 12.6. The molecule has 0 aromatic heterocycles. The molecule has 6 heteroatoms. The van der Waals surface area contributed by atoms with Crippen LogP contribution in [0.5, 0.6) is 0 Å². The number of rotatable bonds is 7. The fourth-order valence-corrected chi connectivity index (χ4v) is 4.76. The first-order valence-corrected chi connectivity index (χ1v) is 10.5. The Morgan fingerprint density at radius 3 is 2.42 bits per heavy atom. The Morgan fingerprint density at radius 2 is 1.69 bits per heavy atom. The molecule has 2 heterocycles. The van der Waals surface area contributed by atoms with E-state index in [4.69, 9.17) is 12.2 Å². The van der Waals surface area contributed by atoms with Crippen molar-refractivity contribution in [3.8, 4) is 0 Å². The Labute approximate surface area is 164 Å². The Hall–Kier alpha value is -1.66. The third-order valence-corrected chi connectivity index (χ3v) is 6.13. The highest BCUT2D eigenvalue weighted by molar-refractivity contribution is 8.26. The van der Waals surface area contributed by atoms with Gasteiger partial charge in [0.2, 0.25) is 0 Å². The van der Waals surface area contributed by atoms with Crippen LogP contribution in [0.25, 0.3) is 5.57 Å². The van der Waals surface area contributed by atoms with Gasteiger partial charge in [0.25, 0.3) is 11.8 Å². The molecule has 4 nitrogen and oxygen atoms in total. The molecule has 2 amide bonds. The van der Waals surface area contributed by atoms with Crippen LogP contribution in [0.3, 0.4) is 0 Å². The third-order valence-electron chi connectivity index (χ3n) is 4.68. The number of hydrogen-bond donors (Lipinski definition) is 0. The van der Waals surface area contributed by atoms with Crippen molar-refractivity contribution < 1.29 is 9.59 Å². The fourth-order valence-electron chi connectivity index (χ4n) is 3.38. The van der Waals surface area contributed by atoms with E-state index in [2.05, 4.69) is 6.92 Å². The second-order valence-corrected chi connectivity index (χ2v) is 8.21. The van der Waals surface area contributed by atoms with Crippen molar-refractivity contribution in [2.24, 2.45) is 0 Å². The topological polar surface area (TPSA) is 40.6 Å². The van der Waals surface area contributed by atoms with Gasteiger partial charge >= 0.3 is 0 Å². The van der Waals surface area contributed by atoms with Crippen LogP contribution in [-0.2, 0) is 9.59 Å². The molecule has 0 aliphatic carbocycles. The Morgan fingerprint density at radius 1 is 0.923 bits per heavy atom. The number of para-hydroxylation sites is 1. The van der Waals surface area contributed by atoms with E-state index >= 15 is 0 Å². The summed E-state index contributed by atoms with van der Waals surface area (Å²) in [5.74, 6) is -0.201. The Balaban J connectivity index is 1.91. The smallest absolute Gasteiger partial charge is 0.267 e. The number of thioether (sulfide) groups is 1. The average Bonchev–Trinajstić information content (AvgIpc) is 3.07. The quantitative estimate of drug-likeness (QED) is 0.389. The van der Waals surface area contributed by atoms with E-state index in [9.17, 15) is 9.59 Å². The van der Waals surface area contributed by atoms with Crippen LogP contribution in [-0.4, -0.2) is 34.1 Å². The molecule has 1 aromatic rings. The molecule has 1 saturated heterocycles. The van der Waals surface area contributed by atoms with Gasteiger partial charge in [-0.15, -0.1) is 0 Å². The summed E-state index contributed by atoms with van der Waals surface area (Å²) in [4.78, 5) is 29.9. The van der Waals surface area contributed by atoms with E-state index in [1.807, 2.05) is 31.2 Å². The third kappa shape index (κ3) is 3.45. The van der Waals surface area contributed by atoms with Crippen LogP contribution in [0.2, 0.25) is 0 Å². The molecular formula is C20H24N2O2S2. The van der Waals surface area contributed by atoms with Crippen LogP contribution >= 0.6 is 24.0 Å². The monoisotopic (exact) mass is 388 g/mol. The zero-order valence-corrected chi connectivity index (χ0v) is 16.9. The molecule has 0 radical (unpaired) electrons. The number of fused-ring (bicyclic) bond motifs is 1. The highest BCUT2D eigenvalue weighted by Crippen LogP contribution is 2.44. The maximum Gasteiger partial charge on any atom is 0.267 e. The number of amides is 2. The Bertz CT molecular complexity index is 773. The minimum Gasteiger partial charge on any atom is -0.308 e. The molecular weight excluding hydrogens is 364 g/mol. The first-order valence-electron chi connectivity index (χ1n) is 9.29. The average molecular weight is 389 g/mol. The van der Waals surface area contributed by atoms with Crippen molar-refractivity contribution in [2.75, 3.05) is 18.0 Å². The number of carbonyl (C=O) groups is 2. The van der Waals surface area contributed by atoms with E-state index in [0.29, 0.717) is 27.9 Å². The van der Waals surface area contributed by atoms with Crippen molar-refractivity contribution in [1.82, 2.24) is 4.90 Å². The Kier molecular flexibility index (Phi) is 6.14. The van der Waals surface area contributed by atoms with E-state index in [1.165, 1.54) is 11.8 Å². The first kappa shape index (κ1) is 19.1. The van der Waals surface area contributed by atoms with E-state index in [0.717, 1.165) is 43.4 Å². The van der Waals surface area contributed by atoms with Gasteiger partial charge in [-0.3, -0.25) is 14.5 Å². The summed E-state index contributed by atoms with van der Waals surface area (Å²) in [6.45, 7) is 5.49. The summed E-state index contributed by atoms with van der Waals surface area (Å²) in [5.41, 5.74) is 2.25. The lowest BCUT2D eigenvalue weighted by molar-refractivity contribution is -0.122. The standard InChI is InChI=1S/C20H24N2O2S2/c1-3-5-6-9-13-22-19(24)17(26-20(22)25)16-14-10-7-8-11-15(14)21(12-4-2)18(16)23/h7-8,10-11H,3-6,9,12-13H2,1-2H3/b17-16-. The van der Waals surface area contributed by atoms with Gasteiger partial charge in [0.05, 0.1) is 16.2 Å². The zero-order valence-electron chi connectivity index (χ0n) is 15.3. The molecule has 138 valence electrons. The van der Waals surface area contributed by atoms with Gasteiger partial charge in [-0.05, 0) is 18.9 Å². The highest BCUT2D eigenvalue weighted by atomic mass is 32.2. The summed E-state index contributed by atoms with van der Waals surface area (Å²) >= 11 is 6.71. The zero-order chi connectivity index (χ0) is 18.7. The van der Waals surface area contributed by atoms with Crippen molar-refractivity contribution >= 4 is 51.4 Å². The highest BCUT2D eigenvalue weighted by Gasteiger charge is 2.41. The lowest BCUT2D eigenvalue weighted by Gasteiger charge is -2.15. The minimum atomic E-state index is -0.118. The summed E-state index contributed by atoms with van der Waals surface area (Å²) in [6.07, 6.45) is 5.21. The van der Waals surface area contributed by atoms with Crippen molar-refractivity contribution in [2.45, 2.75) is 46.0 Å². The predicted octanol–water partition coefficient (Wildman–Crippen LogP) is 4.59. The molecule has 0 N–H and O–H groups in total. The molecule has 2 aliphatic heterocycles. The predicted molar refractivity (Wildman–Crippen MR) is 112 cm³/mol. The molecule has 1 fully saturated rings. The second kappa shape index (κ2) is 8.35. The van der Waals surface area contributed by atoms with Crippen LogP contribution in [0.15, 0.2) is 29.2 Å². The molecule has 0 bridgehead atoms. The van der Waals surface area contributed by atoms with Gasteiger partial charge in [0.1, 0.15) is 4.32 Å². The number of hydrogen-bond acceptors (Lipinski definition) is 4. The van der Waals surface area contributed by atoms with Crippen LogP contribution in [0.1, 0.15) is 51.5 Å². The lowest BCUT2D eigenvalue weighted by Crippen LogP contribution is -2.30. The number of anilines is 1. The molecule has 26 heavy (non-hydrogen) atoms. The van der Waals surface area contributed by atoms with Gasteiger partial charge in [0, 0.05) is 18.7 Å². The van der Waals surface area contributed by atoms with Crippen molar-refractivity contribution in [1.29, 1.82) is 0 Å². The molecule has 1 aromatic carbocycles. The number of benzene rings is 1. The lowest BCUT2D eigenvalue weighted by atomic mass is 10.1. The molecule has 2 aliphatic rings. The normalized spacial score (nSPS) is 19.7. The molecule has 0 atom stereocenters. The molecule has 0 spiro atoms. The van der Waals surface area contributed by atoms with Gasteiger partial charge in [-0.1, -0.05) is 75.3 Å². The van der Waals surface area contributed by atoms with Gasteiger partial charge in [-0.25, -0.2) is 0 Å². The summed E-state index contributed by atoms with van der Waals surface area (Å²) in [7, 11) is 0. The van der Waals surface area contributed by atoms with Gasteiger partial charge in [-0.2, -0.15) is 0 Å². The van der Waals surface area contributed by atoms with Crippen LogP contribution in [0.4, 0.5) is 5.69 Å². The van der Waals surface area contributed by atoms with E-state index < -0.39 is 0 Å². The maximum absolute atomic E-state index is 13.0. The summed E-state index contributed by atoms with van der Waals surface area (Å²) < 4.78 is 0.563. The van der Waals surface area contributed by atoms with Gasteiger partial charge < -0.3 is 4.90 Å². The summed E-state index contributed by atoms with van der Waals surface area (Å²) in [5, 5.41) is 0. The van der Waals surface area contributed by atoms with Crippen molar-refractivity contribution in [3.63, 3.8) is 0 Å². The molecule has 0 unspecified atom stereocenters.